The maximum Gasteiger partial charge on any atom is 0.116 e. The molecule has 0 saturated carbocycles. The van der Waals surface area contributed by atoms with Crippen molar-refractivity contribution in [1.82, 2.24) is 0 Å². The highest BCUT2D eigenvalue weighted by Gasteiger charge is 2.60. The zero-order valence-corrected chi connectivity index (χ0v) is 14.3. The Balaban J connectivity index is 1.61. The Morgan fingerprint density at radius 3 is 2.15 bits per heavy atom. The Morgan fingerprint density at radius 2 is 1.26 bits per heavy atom. The number of benzene rings is 4. The largest absolute Gasteiger partial charge is 0.508 e. The summed E-state index contributed by atoms with van der Waals surface area (Å²) in [7, 11) is 0. The first-order chi connectivity index (χ1) is 13.2. The lowest BCUT2D eigenvalue weighted by Gasteiger charge is -2.29. The van der Waals surface area contributed by atoms with E-state index in [4.69, 9.17) is 0 Å². The average molecular weight is 346 g/mol. The number of rotatable bonds is 0. The molecule has 126 valence electrons. The molecule has 1 spiro atoms. The van der Waals surface area contributed by atoms with Crippen molar-refractivity contribution in [1.29, 1.82) is 0 Å². The van der Waals surface area contributed by atoms with Gasteiger partial charge in [-0.25, -0.2) is 0 Å². The van der Waals surface area contributed by atoms with E-state index >= 15 is 0 Å². The third-order valence-corrected chi connectivity index (χ3v) is 6.51. The molecule has 0 bridgehead atoms. The summed E-state index contributed by atoms with van der Waals surface area (Å²) >= 11 is 0. The predicted octanol–water partition coefficient (Wildman–Crippen LogP) is 5.42. The van der Waals surface area contributed by atoms with Crippen molar-refractivity contribution < 1.29 is 10.2 Å². The van der Waals surface area contributed by atoms with Crippen LogP contribution in [-0.2, 0) is 5.41 Å². The van der Waals surface area contributed by atoms with E-state index in [9.17, 15) is 10.2 Å². The molecule has 1 atom stereocenters. The van der Waals surface area contributed by atoms with Gasteiger partial charge in [0.1, 0.15) is 11.5 Å². The van der Waals surface area contributed by atoms with Crippen molar-refractivity contribution in [3.8, 4) is 44.9 Å². The molecule has 2 N–H and O–H groups in total. The molecule has 2 nitrogen and oxygen atoms in total. The summed E-state index contributed by atoms with van der Waals surface area (Å²) in [6.07, 6.45) is 0. The van der Waals surface area contributed by atoms with Crippen LogP contribution >= 0.6 is 0 Å². The molecule has 4 aromatic rings. The molecule has 0 fully saturated rings. The van der Waals surface area contributed by atoms with Crippen molar-refractivity contribution in [2.45, 2.75) is 5.41 Å². The zero-order valence-electron chi connectivity index (χ0n) is 14.3. The van der Waals surface area contributed by atoms with Gasteiger partial charge >= 0.3 is 0 Å². The normalized spacial score (nSPS) is 18.8. The van der Waals surface area contributed by atoms with Gasteiger partial charge in [0, 0.05) is 0 Å². The molecule has 3 aliphatic rings. The lowest BCUT2D eigenvalue weighted by atomic mass is 9.73. The number of hydrogen-bond donors (Lipinski definition) is 2. The predicted molar refractivity (Wildman–Crippen MR) is 105 cm³/mol. The first kappa shape index (κ1) is 13.7. The topological polar surface area (TPSA) is 40.5 Å². The minimum absolute atomic E-state index is 0.242. The molecule has 27 heavy (non-hydrogen) atoms. The highest BCUT2D eigenvalue weighted by molar-refractivity contribution is 6.10. The van der Waals surface area contributed by atoms with Gasteiger partial charge < -0.3 is 10.2 Å². The van der Waals surface area contributed by atoms with Gasteiger partial charge in [0.2, 0.25) is 0 Å². The Kier molecular flexibility index (Phi) is 2.06. The van der Waals surface area contributed by atoms with Crippen LogP contribution in [0.1, 0.15) is 22.3 Å². The molecular weight excluding hydrogens is 332 g/mol. The molecule has 0 radical (unpaired) electrons. The monoisotopic (exact) mass is 346 g/mol. The highest BCUT2D eigenvalue weighted by Crippen LogP contribution is 2.70. The van der Waals surface area contributed by atoms with Crippen molar-refractivity contribution >= 4 is 0 Å². The van der Waals surface area contributed by atoms with Crippen molar-refractivity contribution in [3.63, 3.8) is 0 Å². The van der Waals surface area contributed by atoms with Gasteiger partial charge in [-0.05, 0) is 79.9 Å². The summed E-state index contributed by atoms with van der Waals surface area (Å²) in [5.41, 5.74) is 12.2. The van der Waals surface area contributed by atoms with Crippen LogP contribution in [-0.4, -0.2) is 10.2 Å². The van der Waals surface area contributed by atoms with E-state index in [1.165, 1.54) is 50.1 Å². The SMILES string of the molecule is Oc1ccc2c(c1)-c1ccc3c(c1-2)C1(c2ccccc2-3)c2ccc(O)cc21. The van der Waals surface area contributed by atoms with Crippen LogP contribution in [0.25, 0.3) is 33.4 Å². The second-order valence-corrected chi connectivity index (χ2v) is 7.67. The van der Waals surface area contributed by atoms with E-state index in [1.54, 1.807) is 12.1 Å². The Bertz CT molecular complexity index is 1350. The summed E-state index contributed by atoms with van der Waals surface area (Å²) < 4.78 is 0. The van der Waals surface area contributed by atoms with E-state index in [-0.39, 0.29) is 5.41 Å². The van der Waals surface area contributed by atoms with Gasteiger partial charge in [-0.15, -0.1) is 0 Å². The molecule has 0 saturated heterocycles. The first-order valence-corrected chi connectivity index (χ1v) is 9.16. The van der Waals surface area contributed by atoms with Gasteiger partial charge in [-0.3, -0.25) is 0 Å². The molecular formula is C25H14O2. The van der Waals surface area contributed by atoms with E-state index < -0.39 is 0 Å². The van der Waals surface area contributed by atoms with Gasteiger partial charge in [-0.2, -0.15) is 0 Å². The fourth-order valence-corrected chi connectivity index (χ4v) is 5.46. The third kappa shape index (κ3) is 1.32. The van der Waals surface area contributed by atoms with E-state index in [0.29, 0.717) is 11.5 Å². The summed E-state index contributed by atoms with van der Waals surface area (Å²) in [5.74, 6) is 0.620. The minimum atomic E-state index is -0.242. The first-order valence-electron chi connectivity index (χ1n) is 9.16. The lowest BCUT2D eigenvalue weighted by molar-refractivity contribution is 0.475. The van der Waals surface area contributed by atoms with Gasteiger partial charge in [0.05, 0.1) is 5.41 Å². The molecule has 3 aliphatic carbocycles. The molecule has 4 aromatic carbocycles. The van der Waals surface area contributed by atoms with Crippen LogP contribution in [0.2, 0.25) is 0 Å². The maximum atomic E-state index is 10.1. The fraction of sp³-hybridized carbons (Fsp3) is 0.0400. The Labute approximate surface area is 156 Å². The standard InChI is InChI=1S/C25H14O2/c26-13-5-7-16-19(11-13)17-8-9-18-15-3-1-2-4-20(15)25(24(18)23(16)17)21-10-6-14(27)12-22(21)25/h1-12,26-27H. The van der Waals surface area contributed by atoms with Crippen LogP contribution in [0.4, 0.5) is 0 Å². The summed E-state index contributed by atoms with van der Waals surface area (Å²) in [6.45, 7) is 0. The number of fused-ring (bicyclic) bond motifs is 13. The van der Waals surface area contributed by atoms with Gasteiger partial charge in [0.25, 0.3) is 0 Å². The van der Waals surface area contributed by atoms with E-state index in [1.807, 2.05) is 18.2 Å². The van der Waals surface area contributed by atoms with Crippen LogP contribution in [0.5, 0.6) is 11.5 Å². The van der Waals surface area contributed by atoms with Gasteiger partial charge in [0.15, 0.2) is 0 Å². The van der Waals surface area contributed by atoms with E-state index in [0.717, 1.165) is 5.56 Å². The minimum Gasteiger partial charge on any atom is -0.508 e. The molecule has 7 rings (SSSR count). The van der Waals surface area contributed by atoms with Crippen molar-refractivity contribution in [3.05, 3.63) is 95.1 Å². The summed E-state index contributed by atoms with van der Waals surface area (Å²) in [4.78, 5) is 0. The number of aromatic hydroxyl groups is 2. The third-order valence-electron chi connectivity index (χ3n) is 6.51. The Hall–Kier alpha value is -3.52. The second kappa shape index (κ2) is 4.07. The van der Waals surface area contributed by atoms with E-state index in [2.05, 4.69) is 42.5 Å². The number of hydrogen-bond acceptors (Lipinski definition) is 2. The Morgan fingerprint density at radius 1 is 0.519 bits per heavy atom. The number of phenols is 2. The number of phenolic OH excluding ortho intramolecular Hbond substituents is 2. The lowest BCUT2D eigenvalue weighted by Crippen LogP contribution is -2.13. The van der Waals surface area contributed by atoms with Crippen LogP contribution in [0.3, 0.4) is 0 Å². The highest BCUT2D eigenvalue weighted by atomic mass is 16.3. The smallest absolute Gasteiger partial charge is 0.116 e. The fourth-order valence-electron chi connectivity index (χ4n) is 5.46. The van der Waals surface area contributed by atoms with Crippen LogP contribution < -0.4 is 0 Å². The average Bonchev–Trinajstić information content (AvgIpc) is 3.23. The van der Waals surface area contributed by atoms with Gasteiger partial charge in [-0.1, -0.05) is 48.5 Å². The molecule has 0 aliphatic heterocycles. The zero-order chi connectivity index (χ0) is 17.9. The summed E-state index contributed by atoms with van der Waals surface area (Å²) in [5, 5.41) is 20.0. The molecule has 1 unspecified atom stereocenters. The van der Waals surface area contributed by atoms with Crippen LogP contribution in [0.15, 0.2) is 72.8 Å². The van der Waals surface area contributed by atoms with Crippen LogP contribution in [0, 0.1) is 0 Å². The molecule has 2 heteroatoms. The second-order valence-electron chi connectivity index (χ2n) is 7.67. The summed E-state index contributed by atoms with van der Waals surface area (Å²) in [6, 6.07) is 24.4. The quantitative estimate of drug-likeness (QED) is 0.385. The molecule has 0 heterocycles. The molecule has 0 aromatic heterocycles. The van der Waals surface area contributed by atoms with Crippen molar-refractivity contribution in [2.24, 2.45) is 0 Å². The van der Waals surface area contributed by atoms with Crippen molar-refractivity contribution in [2.75, 3.05) is 0 Å². The maximum absolute atomic E-state index is 10.1. The molecule has 0 amide bonds.